The fourth-order valence-electron chi connectivity index (χ4n) is 1.19. The van der Waals surface area contributed by atoms with Crippen molar-refractivity contribution in [2.45, 2.75) is 31.5 Å². The lowest BCUT2D eigenvalue weighted by atomic mass is 10.1. The van der Waals surface area contributed by atoms with Crippen molar-refractivity contribution in [2.24, 2.45) is 0 Å². The van der Waals surface area contributed by atoms with Crippen LogP contribution in [-0.4, -0.2) is 52.5 Å². The highest BCUT2D eigenvalue weighted by molar-refractivity contribution is 5.66. The normalized spacial score (nSPS) is 39.1. The Morgan fingerprint density at radius 2 is 2.15 bits per heavy atom. The van der Waals surface area contributed by atoms with Gasteiger partial charge in [-0.1, -0.05) is 0 Å². The van der Waals surface area contributed by atoms with Crippen molar-refractivity contribution < 1.29 is 29.6 Å². The topological polar surface area (TPSA) is 96.2 Å². The van der Waals surface area contributed by atoms with Gasteiger partial charge in [-0.25, -0.2) is 0 Å². The van der Waals surface area contributed by atoms with Gasteiger partial charge in [-0.3, -0.25) is 4.79 Å². The molecule has 4 atom stereocenters. The SMILES string of the molecule is CC(=O)O[C@@H]1[C@@H](O)[C@H](CO)O[C@H]1O. The van der Waals surface area contributed by atoms with E-state index < -0.39 is 37.2 Å². The number of carbonyl (C=O) groups excluding carboxylic acids is 1. The smallest absolute Gasteiger partial charge is 0.303 e. The summed E-state index contributed by atoms with van der Waals surface area (Å²) in [5.74, 6) is -0.620. The molecule has 0 radical (unpaired) electrons. The van der Waals surface area contributed by atoms with E-state index in [1.165, 1.54) is 0 Å². The number of hydrogen-bond acceptors (Lipinski definition) is 6. The van der Waals surface area contributed by atoms with Crippen LogP contribution in [-0.2, 0) is 14.3 Å². The van der Waals surface area contributed by atoms with Crippen LogP contribution in [0.25, 0.3) is 0 Å². The lowest BCUT2D eigenvalue weighted by Gasteiger charge is -2.16. The summed E-state index contributed by atoms with van der Waals surface area (Å²) in [6.45, 7) is 0.724. The van der Waals surface area contributed by atoms with Crippen LogP contribution in [0.2, 0.25) is 0 Å². The third-order valence-electron chi connectivity index (χ3n) is 1.79. The maximum absolute atomic E-state index is 10.5. The fraction of sp³-hybridized carbons (Fsp3) is 0.857. The van der Waals surface area contributed by atoms with Crippen LogP contribution in [0.3, 0.4) is 0 Å². The van der Waals surface area contributed by atoms with Crippen molar-refractivity contribution in [1.82, 2.24) is 0 Å². The Morgan fingerprint density at radius 3 is 2.54 bits per heavy atom. The molecule has 0 unspecified atom stereocenters. The number of carbonyl (C=O) groups is 1. The van der Waals surface area contributed by atoms with E-state index in [1.54, 1.807) is 0 Å². The monoisotopic (exact) mass is 192 g/mol. The van der Waals surface area contributed by atoms with Crippen molar-refractivity contribution in [2.75, 3.05) is 6.61 Å². The number of aliphatic hydroxyl groups is 3. The first-order valence-electron chi connectivity index (χ1n) is 3.86. The molecule has 0 aromatic rings. The molecule has 6 heteroatoms. The first-order chi connectivity index (χ1) is 6.06. The molecule has 0 aromatic heterocycles. The van der Waals surface area contributed by atoms with Gasteiger partial charge >= 0.3 is 5.97 Å². The van der Waals surface area contributed by atoms with Crippen LogP contribution >= 0.6 is 0 Å². The highest BCUT2D eigenvalue weighted by Gasteiger charge is 2.44. The van der Waals surface area contributed by atoms with Gasteiger partial charge < -0.3 is 24.8 Å². The number of rotatable bonds is 2. The summed E-state index contributed by atoms with van der Waals surface area (Å²) >= 11 is 0. The summed E-state index contributed by atoms with van der Waals surface area (Å²) in [6, 6.07) is 0. The Hall–Kier alpha value is -0.690. The first-order valence-corrected chi connectivity index (χ1v) is 3.86. The van der Waals surface area contributed by atoms with Crippen molar-refractivity contribution in [1.29, 1.82) is 0 Å². The zero-order chi connectivity index (χ0) is 10.0. The molecule has 3 N–H and O–H groups in total. The zero-order valence-corrected chi connectivity index (χ0v) is 7.08. The summed E-state index contributed by atoms with van der Waals surface area (Å²) in [5, 5.41) is 27.2. The molecule has 1 rings (SSSR count). The predicted molar refractivity (Wildman–Crippen MR) is 39.5 cm³/mol. The standard InChI is InChI=1S/C7H12O6/c1-3(9)12-6-5(10)4(2-8)13-7(6)11/h4-8,10-11H,2H2,1H3/t4-,5-,6+,7+/m0/s1. The lowest BCUT2D eigenvalue weighted by molar-refractivity contribution is -0.170. The molecular formula is C7H12O6. The molecule has 0 saturated carbocycles. The van der Waals surface area contributed by atoms with Crippen molar-refractivity contribution in [3.8, 4) is 0 Å². The highest BCUT2D eigenvalue weighted by Crippen LogP contribution is 2.22. The van der Waals surface area contributed by atoms with Crippen LogP contribution in [0, 0.1) is 0 Å². The van der Waals surface area contributed by atoms with Gasteiger partial charge in [0.15, 0.2) is 12.4 Å². The Morgan fingerprint density at radius 1 is 1.54 bits per heavy atom. The van der Waals surface area contributed by atoms with Crippen molar-refractivity contribution in [3.05, 3.63) is 0 Å². The average Bonchev–Trinajstić information content (AvgIpc) is 2.31. The molecule has 0 aromatic carbocycles. The summed E-state index contributed by atoms with van der Waals surface area (Å²) in [5.41, 5.74) is 0. The van der Waals surface area contributed by atoms with Crippen molar-refractivity contribution >= 4 is 5.97 Å². The zero-order valence-electron chi connectivity index (χ0n) is 7.08. The molecular weight excluding hydrogens is 180 g/mol. The van der Waals surface area contributed by atoms with E-state index in [0.717, 1.165) is 6.92 Å². The highest BCUT2D eigenvalue weighted by atomic mass is 16.7. The minimum atomic E-state index is -1.38. The van der Waals surface area contributed by atoms with Gasteiger partial charge in [0.25, 0.3) is 0 Å². The maximum Gasteiger partial charge on any atom is 0.303 e. The number of hydrogen-bond donors (Lipinski definition) is 3. The third kappa shape index (κ3) is 2.16. The molecule has 76 valence electrons. The fourth-order valence-corrected chi connectivity index (χ4v) is 1.19. The Bertz CT molecular complexity index is 193. The Kier molecular flexibility index (Phi) is 3.21. The van der Waals surface area contributed by atoms with Crippen LogP contribution < -0.4 is 0 Å². The van der Waals surface area contributed by atoms with Crippen LogP contribution in [0.15, 0.2) is 0 Å². The van der Waals surface area contributed by atoms with Gasteiger partial charge in [-0.15, -0.1) is 0 Å². The van der Waals surface area contributed by atoms with E-state index in [-0.39, 0.29) is 0 Å². The quantitative estimate of drug-likeness (QED) is 0.437. The van der Waals surface area contributed by atoms with E-state index in [2.05, 4.69) is 4.74 Å². The largest absolute Gasteiger partial charge is 0.454 e. The van der Waals surface area contributed by atoms with Gasteiger partial charge in [0.1, 0.15) is 12.2 Å². The summed E-state index contributed by atoms with van der Waals surface area (Å²) in [4.78, 5) is 10.5. The Labute approximate surface area is 74.7 Å². The number of aliphatic hydroxyl groups excluding tert-OH is 3. The molecule has 1 fully saturated rings. The number of esters is 1. The average molecular weight is 192 g/mol. The van der Waals surface area contributed by atoms with Crippen LogP contribution in [0.4, 0.5) is 0 Å². The minimum absolute atomic E-state index is 0.435. The number of ether oxygens (including phenoxy) is 2. The van der Waals surface area contributed by atoms with Crippen LogP contribution in [0.5, 0.6) is 0 Å². The van der Waals surface area contributed by atoms with Gasteiger partial charge in [0, 0.05) is 6.92 Å². The third-order valence-corrected chi connectivity index (χ3v) is 1.79. The molecule has 13 heavy (non-hydrogen) atoms. The predicted octanol–water partition coefficient (Wildman–Crippen LogP) is -2.01. The summed E-state index contributed by atoms with van der Waals surface area (Å²) in [7, 11) is 0. The lowest BCUT2D eigenvalue weighted by Crippen LogP contribution is -2.37. The molecule has 0 bridgehead atoms. The molecule has 1 saturated heterocycles. The molecule has 1 aliphatic rings. The van der Waals surface area contributed by atoms with E-state index in [4.69, 9.17) is 14.9 Å². The molecule has 0 spiro atoms. The molecule has 0 amide bonds. The molecule has 0 aliphatic carbocycles. The van der Waals surface area contributed by atoms with Crippen molar-refractivity contribution in [3.63, 3.8) is 0 Å². The van der Waals surface area contributed by atoms with Gasteiger partial charge in [0.2, 0.25) is 0 Å². The second kappa shape index (κ2) is 4.01. The first kappa shape index (κ1) is 10.4. The second-order valence-electron chi connectivity index (χ2n) is 2.81. The molecule has 1 heterocycles. The van der Waals surface area contributed by atoms with E-state index in [0.29, 0.717) is 0 Å². The van der Waals surface area contributed by atoms with Gasteiger partial charge in [-0.2, -0.15) is 0 Å². The Balaban J connectivity index is 2.58. The second-order valence-corrected chi connectivity index (χ2v) is 2.81. The molecule has 6 nitrogen and oxygen atoms in total. The molecule has 1 aliphatic heterocycles. The summed E-state index contributed by atoms with van der Waals surface area (Å²) < 4.78 is 9.31. The minimum Gasteiger partial charge on any atom is -0.454 e. The van der Waals surface area contributed by atoms with Crippen LogP contribution in [0.1, 0.15) is 6.92 Å². The van der Waals surface area contributed by atoms with Gasteiger partial charge in [-0.05, 0) is 0 Å². The van der Waals surface area contributed by atoms with E-state index in [1.807, 2.05) is 0 Å². The van der Waals surface area contributed by atoms with E-state index >= 15 is 0 Å². The van der Waals surface area contributed by atoms with Gasteiger partial charge in [0.05, 0.1) is 6.61 Å². The maximum atomic E-state index is 10.5. The van der Waals surface area contributed by atoms with E-state index in [9.17, 15) is 9.90 Å². The summed E-state index contributed by atoms with van der Waals surface area (Å²) in [6.07, 6.45) is -4.59.